The van der Waals surface area contributed by atoms with Crippen LogP contribution in [0.4, 0.5) is 0 Å². The van der Waals surface area contributed by atoms with Gasteiger partial charge in [0.25, 0.3) is 0 Å². The van der Waals surface area contributed by atoms with Gasteiger partial charge in [-0.1, -0.05) is 63.2 Å². The van der Waals surface area contributed by atoms with Crippen molar-refractivity contribution in [1.29, 1.82) is 0 Å². The van der Waals surface area contributed by atoms with Gasteiger partial charge in [-0.2, -0.15) is 0 Å². The van der Waals surface area contributed by atoms with Gasteiger partial charge in [0.05, 0.1) is 0 Å². The van der Waals surface area contributed by atoms with E-state index in [0.717, 1.165) is 28.5 Å². The van der Waals surface area contributed by atoms with E-state index in [9.17, 15) is 4.79 Å². The number of rotatable bonds is 5. The molecule has 1 atom stereocenters. The summed E-state index contributed by atoms with van der Waals surface area (Å²) in [6.07, 6.45) is 2.90. The summed E-state index contributed by atoms with van der Waals surface area (Å²) in [7, 11) is 0. The molecule has 2 aromatic carbocycles. The van der Waals surface area contributed by atoms with Crippen molar-refractivity contribution in [2.75, 3.05) is 0 Å². The van der Waals surface area contributed by atoms with E-state index in [0.29, 0.717) is 5.92 Å². The smallest absolute Gasteiger partial charge is 0.172 e. The predicted octanol–water partition coefficient (Wildman–Crippen LogP) is 5.35. The van der Waals surface area contributed by atoms with E-state index < -0.39 is 0 Å². The van der Waals surface area contributed by atoms with Crippen molar-refractivity contribution in [3.63, 3.8) is 0 Å². The Morgan fingerprint density at radius 3 is 2.39 bits per heavy atom. The zero-order chi connectivity index (χ0) is 16.4. The summed E-state index contributed by atoms with van der Waals surface area (Å²) in [5, 5.41) is 1.00. The molecule has 23 heavy (non-hydrogen) atoms. The van der Waals surface area contributed by atoms with Crippen LogP contribution in [0.3, 0.4) is 0 Å². The largest absolute Gasteiger partial charge is 0.360 e. The molecule has 1 N–H and O–H groups in total. The Kier molecular flexibility index (Phi) is 4.33. The van der Waals surface area contributed by atoms with Crippen molar-refractivity contribution in [3.05, 3.63) is 71.4 Å². The van der Waals surface area contributed by atoms with Crippen LogP contribution in [-0.2, 0) is 6.42 Å². The Bertz CT molecular complexity index is 811. The number of ketones is 1. The molecular formula is C21H23NO. The van der Waals surface area contributed by atoms with Gasteiger partial charge in [0.2, 0.25) is 0 Å². The third-order valence-corrected chi connectivity index (χ3v) is 4.37. The average molecular weight is 305 g/mol. The summed E-state index contributed by atoms with van der Waals surface area (Å²) < 4.78 is 0. The molecule has 0 aliphatic carbocycles. The summed E-state index contributed by atoms with van der Waals surface area (Å²) in [6.45, 7) is 6.43. The number of carbonyl (C=O) groups is 1. The highest BCUT2D eigenvalue weighted by Crippen LogP contribution is 2.26. The van der Waals surface area contributed by atoms with Crippen LogP contribution in [-0.4, -0.2) is 10.8 Å². The fraction of sp³-hybridized carbons (Fsp3) is 0.286. The molecule has 0 spiro atoms. The summed E-state index contributed by atoms with van der Waals surface area (Å²) in [6, 6.07) is 16.4. The third-order valence-electron chi connectivity index (χ3n) is 4.37. The Hall–Kier alpha value is -2.35. The number of para-hydroxylation sites is 1. The zero-order valence-corrected chi connectivity index (χ0v) is 14.0. The Morgan fingerprint density at radius 1 is 1.00 bits per heavy atom. The van der Waals surface area contributed by atoms with E-state index in [1.807, 2.05) is 37.4 Å². The standard InChI is InChI=1S/C21H23NO/c1-14(2)12-16-8-10-17(11-9-16)15(3)21(23)19-13-22-20-7-5-4-6-18(19)20/h4-11,13-15,22H,12H2,1-3H3. The van der Waals surface area contributed by atoms with E-state index >= 15 is 0 Å². The topological polar surface area (TPSA) is 32.9 Å². The molecule has 3 aromatic rings. The fourth-order valence-electron chi connectivity index (χ4n) is 3.07. The first-order valence-electron chi connectivity index (χ1n) is 8.25. The number of nitrogens with one attached hydrogen (secondary N) is 1. The molecule has 2 heteroatoms. The number of hydrogen-bond donors (Lipinski definition) is 1. The molecule has 118 valence electrons. The van der Waals surface area contributed by atoms with Gasteiger partial charge in [0.1, 0.15) is 0 Å². The molecule has 2 nitrogen and oxygen atoms in total. The van der Waals surface area contributed by atoms with Crippen LogP contribution in [0.5, 0.6) is 0 Å². The Labute approximate surface area is 137 Å². The van der Waals surface area contributed by atoms with Crippen molar-refractivity contribution in [3.8, 4) is 0 Å². The lowest BCUT2D eigenvalue weighted by Crippen LogP contribution is -2.09. The first kappa shape index (κ1) is 15.5. The number of fused-ring (bicyclic) bond motifs is 1. The van der Waals surface area contributed by atoms with E-state index in [4.69, 9.17) is 0 Å². The maximum Gasteiger partial charge on any atom is 0.172 e. The van der Waals surface area contributed by atoms with Gasteiger partial charge < -0.3 is 4.98 Å². The second-order valence-electron chi connectivity index (χ2n) is 6.67. The minimum Gasteiger partial charge on any atom is -0.360 e. The van der Waals surface area contributed by atoms with Crippen LogP contribution in [0.15, 0.2) is 54.7 Å². The number of H-pyrrole nitrogens is 1. The average Bonchev–Trinajstić information content (AvgIpc) is 2.97. The van der Waals surface area contributed by atoms with Gasteiger partial charge in [0, 0.05) is 28.6 Å². The number of aromatic nitrogens is 1. The molecular weight excluding hydrogens is 282 g/mol. The van der Waals surface area contributed by atoms with Crippen molar-refractivity contribution in [2.45, 2.75) is 33.1 Å². The lowest BCUT2D eigenvalue weighted by atomic mass is 9.91. The number of benzene rings is 2. The van der Waals surface area contributed by atoms with Crippen molar-refractivity contribution >= 4 is 16.7 Å². The van der Waals surface area contributed by atoms with Gasteiger partial charge in [-0.15, -0.1) is 0 Å². The molecule has 0 saturated heterocycles. The number of hydrogen-bond acceptors (Lipinski definition) is 1. The van der Waals surface area contributed by atoms with E-state index in [1.54, 1.807) is 0 Å². The summed E-state index contributed by atoms with van der Waals surface area (Å²) in [4.78, 5) is 16.0. The molecule has 1 heterocycles. The monoisotopic (exact) mass is 305 g/mol. The van der Waals surface area contributed by atoms with E-state index in [1.165, 1.54) is 5.56 Å². The van der Waals surface area contributed by atoms with Gasteiger partial charge >= 0.3 is 0 Å². The summed E-state index contributed by atoms with van der Waals surface area (Å²) in [5.74, 6) is 0.674. The van der Waals surface area contributed by atoms with Crippen LogP contribution < -0.4 is 0 Å². The highest BCUT2D eigenvalue weighted by Gasteiger charge is 2.20. The minimum absolute atomic E-state index is 0.137. The molecule has 1 aromatic heterocycles. The van der Waals surface area contributed by atoms with Crippen LogP contribution >= 0.6 is 0 Å². The Balaban J connectivity index is 1.84. The maximum atomic E-state index is 12.9. The predicted molar refractivity (Wildman–Crippen MR) is 96.0 cm³/mol. The van der Waals surface area contributed by atoms with Gasteiger partial charge in [-0.05, 0) is 29.5 Å². The van der Waals surface area contributed by atoms with Crippen LogP contribution in [0, 0.1) is 5.92 Å². The lowest BCUT2D eigenvalue weighted by molar-refractivity contribution is 0.0967. The van der Waals surface area contributed by atoms with E-state index in [-0.39, 0.29) is 11.7 Å². The highest BCUT2D eigenvalue weighted by molar-refractivity contribution is 6.10. The van der Waals surface area contributed by atoms with Crippen LogP contribution in [0.25, 0.3) is 10.9 Å². The minimum atomic E-state index is -0.137. The van der Waals surface area contributed by atoms with Gasteiger partial charge in [-0.3, -0.25) is 4.79 Å². The molecule has 1 unspecified atom stereocenters. The fourth-order valence-corrected chi connectivity index (χ4v) is 3.07. The first-order valence-corrected chi connectivity index (χ1v) is 8.25. The molecule has 0 amide bonds. The SMILES string of the molecule is CC(C)Cc1ccc(C(C)C(=O)c2c[nH]c3ccccc23)cc1. The molecule has 0 fully saturated rings. The first-order chi connectivity index (χ1) is 11.1. The summed E-state index contributed by atoms with van der Waals surface area (Å²) in [5.41, 5.74) is 4.19. The molecule has 0 radical (unpaired) electrons. The number of Topliss-reactive ketones (excluding diaryl/α,β-unsaturated/α-hetero) is 1. The Morgan fingerprint density at radius 2 is 1.70 bits per heavy atom. The third kappa shape index (κ3) is 3.21. The normalized spacial score (nSPS) is 12.7. The second-order valence-corrected chi connectivity index (χ2v) is 6.67. The quantitative estimate of drug-likeness (QED) is 0.633. The van der Waals surface area contributed by atoms with Crippen molar-refractivity contribution in [2.24, 2.45) is 5.92 Å². The van der Waals surface area contributed by atoms with Crippen molar-refractivity contribution < 1.29 is 4.79 Å². The number of carbonyl (C=O) groups excluding carboxylic acids is 1. The number of aromatic amines is 1. The van der Waals surface area contributed by atoms with Gasteiger partial charge in [-0.25, -0.2) is 0 Å². The summed E-state index contributed by atoms with van der Waals surface area (Å²) >= 11 is 0. The molecule has 0 aliphatic heterocycles. The van der Waals surface area contributed by atoms with Gasteiger partial charge in [0.15, 0.2) is 5.78 Å². The molecule has 0 aliphatic rings. The lowest BCUT2D eigenvalue weighted by Gasteiger charge is -2.12. The van der Waals surface area contributed by atoms with Crippen LogP contribution in [0.2, 0.25) is 0 Å². The second kappa shape index (κ2) is 6.41. The van der Waals surface area contributed by atoms with Crippen LogP contribution in [0.1, 0.15) is 48.2 Å². The molecule has 3 rings (SSSR count). The molecule has 0 bridgehead atoms. The highest BCUT2D eigenvalue weighted by atomic mass is 16.1. The zero-order valence-electron chi connectivity index (χ0n) is 14.0. The van der Waals surface area contributed by atoms with Crippen molar-refractivity contribution in [1.82, 2.24) is 4.98 Å². The van der Waals surface area contributed by atoms with E-state index in [2.05, 4.69) is 43.1 Å². The molecule has 0 saturated carbocycles. The maximum absolute atomic E-state index is 12.9.